The van der Waals surface area contributed by atoms with Crippen LogP contribution in [0.3, 0.4) is 0 Å². The van der Waals surface area contributed by atoms with E-state index in [1.807, 2.05) is 12.3 Å². The molecule has 1 aliphatic rings. The summed E-state index contributed by atoms with van der Waals surface area (Å²) in [7, 11) is 0. The van der Waals surface area contributed by atoms with Gasteiger partial charge in [-0.15, -0.1) is 0 Å². The Labute approximate surface area is 148 Å². The lowest BCUT2D eigenvalue weighted by Crippen LogP contribution is -2.31. The first-order chi connectivity index (χ1) is 11.0. The second-order valence-electron chi connectivity index (χ2n) is 5.55. The zero-order valence-electron chi connectivity index (χ0n) is 12.6. The number of thioether (sulfide) groups is 1. The first kappa shape index (κ1) is 16.6. The lowest BCUT2D eigenvalue weighted by Gasteiger charge is -2.12. The molecule has 1 amide bonds. The molecule has 1 aromatic heterocycles. The number of benzene rings is 1. The predicted molar refractivity (Wildman–Crippen MR) is 93.6 cm³/mol. The molecule has 122 valence electrons. The van der Waals surface area contributed by atoms with E-state index in [4.69, 9.17) is 28.9 Å². The van der Waals surface area contributed by atoms with Gasteiger partial charge in [0.2, 0.25) is 5.91 Å². The second kappa shape index (κ2) is 6.34. The topological polar surface area (TPSA) is 73.8 Å². The van der Waals surface area contributed by atoms with E-state index in [1.54, 1.807) is 28.6 Å². The van der Waals surface area contributed by atoms with E-state index < -0.39 is 5.41 Å². The number of aryl methyl sites for hydroxylation is 1. The summed E-state index contributed by atoms with van der Waals surface area (Å²) in [5.74, 6) is 1.85. The molecule has 0 saturated heterocycles. The Morgan fingerprint density at radius 3 is 2.70 bits per heavy atom. The van der Waals surface area contributed by atoms with Crippen molar-refractivity contribution in [2.75, 3.05) is 12.0 Å². The van der Waals surface area contributed by atoms with E-state index in [-0.39, 0.29) is 5.91 Å². The third-order valence-corrected chi connectivity index (χ3v) is 5.33. The summed E-state index contributed by atoms with van der Waals surface area (Å²) in [6.45, 7) is 0. The molecule has 3 rings (SSSR count). The molecule has 0 unspecified atom stereocenters. The van der Waals surface area contributed by atoms with Crippen LogP contribution in [0.2, 0.25) is 10.0 Å². The van der Waals surface area contributed by atoms with Gasteiger partial charge >= 0.3 is 0 Å². The summed E-state index contributed by atoms with van der Waals surface area (Å²) in [5.41, 5.74) is 5.62. The van der Waals surface area contributed by atoms with Gasteiger partial charge in [-0.25, -0.2) is 9.67 Å². The number of carbonyl (C=O) groups is 1. The van der Waals surface area contributed by atoms with Gasteiger partial charge in [-0.05, 0) is 37.3 Å². The van der Waals surface area contributed by atoms with Crippen LogP contribution in [0, 0.1) is 0 Å². The molecule has 2 aromatic rings. The quantitative estimate of drug-likeness (QED) is 0.847. The molecule has 1 saturated carbocycles. The first-order valence-corrected chi connectivity index (χ1v) is 9.33. The Balaban J connectivity index is 2.08. The van der Waals surface area contributed by atoms with Gasteiger partial charge < -0.3 is 5.73 Å². The van der Waals surface area contributed by atoms with E-state index in [0.717, 1.165) is 17.9 Å². The molecule has 0 aliphatic heterocycles. The average Bonchev–Trinajstić information content (AvgIpc) is 3.23. The fourth-order valence-electron chi connectivity index (χ4n) is 2.47. The number of aromatic nitrogens is 3. The zero-order valence-corrected chi connectivity index (χ0v) is 14.9. The lowest BCUT2D eigenvalue weighted by atomic mass is 10.1. The Morgan fingerprint density at radius 1 is 1.39 bits per heavy atom. The van der Waals surface area contributed by atoms with Crippen molar-refractivity contribution in [1.82, 2.24) is 14.8 Å². The van der Waals surface area contributed by atoms with E-state index >= 15 is 0 Å². The average molecular weight is 371 g/mol. The number of nitrogens with zero attached hydrogens (tertiary/aromatic N) is 3. The fourth-order valence-corrected chi connectivity index (χ4v) is 3.14. The molecule has 0 spiro atoms. The standard InChI is InChI=1S/C15H16Cl2N4OS/c1-23-7-4-12-19-14(15(5-6-15)13(18)22)21(20-12)9-2-3-10(16)11(17)8-9/h2-3,8H,4-7H2,1H3,(H2,18,22). The third-order valence-electron chi connectivity index (χ3n) is 3.98. The fraction of sp³-hybridized carbons (Fsp3) is 0.400. The molecule has 1 aromatic carbocycles. The van der Waals surface area contributed by atoms with Crippen LogP contribution in [-0.2, 0) is 16.6 Å². The maximum atomic E-state index is 11.9. The number of carbonyl (C=O) groups excluding carboxylic acids is 1. The second-order valence-corrected chi connectivity index (χ2v) is 7.35. The van der Waals surface area contributed by atoms with Crippen molar-refractivity contribution in [3.05, 3.63) is 39.9 Å². The largest absolute Gasteiger partial charge is 0.369 e. The van der Waals surface area contributed by atoms with Crippen molar-refractivity contribution in [3.8, 4) is 5.69 Å². The maximum Gasteiger partial charge on any atom is 0.231 e. The van der Waals surface area contributed by atoms with Gasteiger partial charge in [-0.1, -0.05) is 23.2 Å². The molecule has 0 atom stereocenters. The highest BCUT2D eigenvalue weighted by molar-refractivity contribution is 7.98. The van der Waals surface area contributed by atoms with Crippen LogP contribution in [-0.4, -0.2) is 32.7 Å². The maximum absolute atomic E-state index is 11.9. The minimum Gasteiger partial charge on any atom is -0.369 e. The number of amides is 1. The smallest absolute Gasteiger partial charge is 0.231 e. The van der Waals surface area contributed by atoms with Crippen molar-refractivity contribution in [1.29, 1.82) is 0 Å². The van der Waals surface area contributed by atoms with E-state index in [2.05, 4.69) is 10.1 Å². The third kappa shape index (κ3) is 3.07. The molecule has 0 radical (unpaired) electrons. The number of hydrogen-bond donors (Lipinski definition) is 1. The van der Waals surface area contributed by atoms with Crippen LogP contribution in [0.1, 0.15) is 24.5 Å². The summed E-state index contributed by atoms with van der Waals surface area (Å²) < 4.78 is 1.68. The summed E-state index contributed by atoms with van der Waals surface area (Å²) in [6.07, 6.45) is 4.16. The molecule has 1 heterocycles. The van der Waals surface area contributed by atoms with Crippen LogP contribution < -0.4 is 5.73 Å². The lowest BCUT2D eigenvalue weighted by molar-refractivity contribution is -0.120. The van der Waals surface area contributed by atoms with Crippen molar-refractivity contribution in [2.45, 2.75) is 24.7 Å². The van der Waals surface area contributed by atoms with Crippen molar-refractivity contribution >= 4 is 40.9 Å². The Bertz CT molecular complexity index is 758. The minimum atomic E-state index is -0.712. The zero-order chi connectivity index (χ0) is 16.6. The van der Waals surface area contributed by atoms with E-state index in [0.29, 0.717) is 34.5 Å². The number of rotatable bonds is 6. The van der Waals surface area contributed by atoms with Crippen LogP contribution >= 0.6 is 35.0 Å². The number of halogens is 2. The summed E-state index contributed by atoms with van der Waals surface area (Å²) in [6, 6.07) is 5.23. The SMILES string of the molecule is CSCCc1nc(C2(C(N)=O)CC2)n(-c2ccc(Cl)c(Cl)c2)n1. The highest BCUT2D eigenvalue weighted by atomic mass is 35.5. The van der Waals surface area contributed by atoms with Gasteiger partial charge in [-0.2, -0.15) is 16.9 Å². The van der Waals surface area contributed by atoms with Crippen molar-refractivity contribution < 1.29 is 4.79 Å². The van der Waals surface area contributed by atoms with Gasteiger partial charge in [0.15, 0.2) is 5.82 Å². The molecule has 23 heavy (non-hydrogen) atoms. The Hall–Kier alpha value is -1.24. The Morgan fingerprint density at radius 2 is 2.13 bits per heavy atom. The van der Waals surface area contributed by atoms with Crippen molar-refractivity contribution in [3.63, 3.8) is 0 Å². The van der Waals surface area contributed by atoms with Crippen molar-refractivity contribution in [2.24, 2.45) is 5.73 Å². The van der Waals surface area contributed by atoms with Crippen LogP contribution in [0.25, 0.3) is 5.69 Å². The molecule has 5 nitrogen and oxygen atoms in total. The van der Waals surface area contributed by atoms with Gasteiger partial charge in [0.1, 0.15) is 11.2 Å². The molecular weight excluding hydrogens is 355 g/mol. The number of hydrogen-bond acceptors (Lipinski definition) is 4. The summed E-state index contributed by atoms with van der Waals surface area (Å²) >= 11 is 13.8. The van der Waals surface area contributed by atoms with Gasteiger partial charge in [-0.3, -0.25) is 4.79 Å². The molecule has 0 bridgehead atoms. The Kier molecular flexibility index (Phi) is 4.58. The molecule has 2 N–H and O–H groups in total. The van der Waals surface area contributed by atoms with Gasteiger partial charge in [0.05, 0.1) is 15.7 Å². The molecule has 1 aliphatic carbocycles. The van der Waals surface area contributed by atoms with E-state index in [9.17, 15) is 4.79 Å². The van der Waals surface area contributed by atoms with Gasteiger partial charge in [0.25, 0.3) is 0 Å². The summed E-state index contributed by atoms with van der Waals surface area (Å²) in [5, 5.41) is 5.46. The van der Waals surface area contributed by atoms with E-state index in [1.165, 1.54) is 0 Å². The first-order valence-electron chi connectivity index (χ1n) is 7.18. The highest BCUT2D eigenvalue weighted by Gasteiger charge is 2.54. The van der Waals surface area contributed by atoms with Crippen LogP contribution in [0.5, 0.6) is 0 Å². The van der Waals surface area contributed by atoms with Gasteiger partial charge in [0, 0.05) is 12.2 Å². The normalized spacial score (nSPS) is 15.6. The molecule has 8 heteroatoms. The van der Waals surface area contributed by atoms with Crippen LogP contribution in [0.4, 0.5) is 0 Å². The predicted octanol–water partition coefficient (Wildman–Crippen LogP) is 3.00. The molecular formula is C15H16Cl2N4OS. The monoisotopic (exact) mass is 370 g/mol. The van der Waals surface area contributed by atoms with Crippen LogP contribution in [0.15, 0.2) is 18.2 Å². The number of nitrogens with two attached hydrogens (primary N) is 1. The minimum absolute atomic E-state index is 0.359. The molecule has 1 fully saturated rings. The number of primary amides is 1. The highest BCUT2D eigenvalue weighted by Crippen LogP contribution is 2.47. The summed E-state index contributed by atoms with van der Waals surface area (Å²) in [4.78, 5) is 16.5.